The first kappa shape index (κ1) is 6.62. The molecule has 3 aliphatic heterocycles. The van der Waals surface area contributed by atoms with E-state index in [1.807, 2.05) is 0 Å². The van der Waals surface area contributed by atoms with E-state index in [9.17, 15) is 0 Å². The lowest BCUT2D eigenvalue weighted by Crippen LogP contribution is -3.16. The maximum atomic E-state index is 9.00. The number of aliphatic hydroxyl groups is 1. The van der Waals surface area contributed by atoms with Gasteiger partial charge in [-0.05, 0) is 5.92 Å². The highest BCUT2D eigenvalue weighted by molar-refractivity contribution is 4.75. The van der Waals surface area contributed by atoms with E-state index in [2.05, 4.69) is 0 Å². The van der Waals surface area contributed by atoms with Crippen molar-refractivity contribution in [2.24, 2.45) is 11.8 Å². The quantitative estimate of drug-likeness (QED) is 0.477. The van der Waals surface area contributed by atoms with Gasteiger partial charge in [-0.15, -0.1) is 0 Å². The molecule has 3 heterocycles. The lowest BCUT2D eigenvalue weighted by atomic mass is 9.80. The first-order valence-electron chi connectivity index (χ1n) is 4.34. The van der Waals surface area contributed by atoms with Crippen molar-refractivity contribution in [3.05, 3.63) is 0 Å². The Kier molecular flexibility index (Phi) is 1.66. The molecule has 3 rings (SSSR count). The van der Waals surface area contributed by atoms with Crippen LogP contribution in [0, 0.1) is 11.8 Å². The van der Waals surface area contributed by atoms with Crippen molar-refractivity contribution in [3.63, 3.8) is 0 Å². The zero-order valence-electron chi connectivity index (χ0n) is 6.34. The molecular formula is C8H16NO+. The van der Waals surface area contributed by atoms with Gasteiger partial charge in [0, 0.05) is 18.8 Å². The molecule has 58 valence electrons. The van der Waals surface area contributed by atoms with Crippen molar-refractivity contribution < 1.29 is 10.0 Å². The zero-order chi connectivity index (χ0) is 6.97. The van der Waals surface area contributed by atoms with Gasteiger partial charge in [-0.25, -0.2) is 0 Å². The predicted octanol–water partition coefficient (Wildman–Crippen LogP) is -1.10. The van der Waals surface area contributed by atoms with Crippen LogP contribution in [0.1, 0.15) is 12.8 Å². The smallest absolute Gasteiger partial charge is 0.0824 e. The van der Waals surface area contributed by atoms with Crippen LogP contribution < -0.4 is 4.90 Å². The van der Waals surface area contributed by atoms with E-state index in [1.165, 1.54) is 32.5 Å². The molecule has 2 heteroatoms. The summed E-state index contributed by atoms with van der Waals surface area (Å²) in [5.74, 6) is 1.50. The van der Waals surface area contributed by atoms with Gasteiger partial charge >= 0.3 is 0 Å². The first-order chi connectivity index (χ1) is 4.90. The molecule has 0 radical (unpaired) electrons. The summed E-state index contributed by atoms with van der Waals surface area (Å²) >= 11 is 0. The molecule has 10 heavy (non-hydrogen) atoms. The second kappa shape index (κ2) is 2.51. The molecule has 0 amide bonds. The average molecular weight is 142 g/mol. The Bertz CT molecular complexity index is 118. The van der Waals surface area contributed by atoms with Crippen molar-refractivity contribution in [2.45, 2.75) is 12.8 Å². The number of aliphatic hydroxyl groups excluding tert-OH is 1. The van der Waals surface area contributed by atoms with Crippen LogP contribution in [-0.4, -0.2) is 31.3 Å². The Morgan fingerprint density at radius 2 is 2.00 bits per heavy atom. The fourth-order valence-corrected chi connectivity index (χ4v) is 2.47. The molecule has 0 aromatic carbocycles. The standard InChI is InChI=1S/C8H15NO/c10-6-8-5-9-3-1-7(8)2-4-9/h7-8,10H,1-6H2/p+1/t8-/m0/s1. The molecule has 2 nitrogen and oxygen atoms in total. The SMILES string of the molecule is OC[C@@H]1C[NH+]2CCC1CC2. The number of hydrogen-bond acceptors (Lipinski definition) is 1. The number of quaternary nitrogens is 1. The van der Waals surface area contributed by atoms with E-state index in [0.717, 1.165) is 5.92 Å². The summed E-state index contributed by atoms with van der Waals surface area (Å²) in [6.07, 6.45) is 2.72. The van der Waals surface area contributed by atoms with E-state index in [1.54, 1.807) is 4.90 Å². The second-order valence-corrected chi connectivity index (χ2v) is 3.73. The van der Waals surface area contributed by atoms with Crippen LogP contribution in [-0.2, 0) is 0 Å². The molecule has 2 N–H and O–H groups in total. The van der Waals surface area contributed by atoms with Crippen molar-refractivity contribution >= 4 is 0 Å². The van der Waals surface area contributed by atoms with Gasteiger partial charge in [0.15, 0.2) is 0 Å². The Labute approximate surface area is 61.8 Å². The maximum Gasteiger partial charge on any atom is 0.0824 e. The van der Waals surface area contributed by atoms with Crippen LogP contribution >= 0.6 is 0 Å². The van der Waals surface area contributed by atoms with Gasteiger partial charge in [0.25, 0.3) is 0 Å². The molecule has 0 aromatic rings. The van der Waals surface area contributed by atoms with Gasteiger partial charge in [-0.1, -0.05) is 0 Å². The van der Waals surface area contributed by atoms with Crippen LogP contribution in [0.25, 0.3) is 0 Å². The fraction of sp³-hybridized carbons (Fsp3) is 1.00. The van der Waals surface area contributed by atoms with Crippen LogP contribution in [0.4, 0.5) is 0 Å². The lowest BCUT2D eigenvalue weighted by molar-refractivity contribution is -0.921. The Morgan fingerprint density at radius 1 is 1.30 bits per heavy atom. The van der Waals surface area contributed by atoms with E-state index in [4.69, 9.17) is 5.11 Å². The molecule has 0 unspecified atom stereocenters. The molecule has 3 aliphatic rings. The maximum absolute atomic E-state index is 9.00. The number of rotatable bonds is 1. The number of fused-ring (bicyclic) bond motifs is 3. The zero-order valence-corrected chi connectivity index (χ0v) is 6.34. The first-order valence-corrected chi connectivity index (χ1v) is 4.34. The van der Waals surface area contributed by atoms with Gasteiger partial charge in [0.1, 0.15) is 0 Å². The third-order valence-electron chi connectivity index (χ3n) is 3.19. The summed E-state index contributed by atoms with van der Waals surface area (Å²) in [5, 5.41) is 9.00. The Morgan fingerprint density at radius 3 is 2.30 bits per heavy atom. The molecule has 0 aromatic heterocycles. The number of hydrogen-bond donors (Lipinski definition) is 2. The van der Waals surface area contributed by atoms with Crippen molar-refractivity contribution in [2.75, 3.05) is 26.2 Å². The highest BCUT2D eigenvalue weighted by Gasteiger charge is 2.36. The van der Waals surface area contributed by atoms with Crippen molar-refractivity contribution in [1.29, 1.82) is 0 Å². The van der Waals surface area contributed by atoms with Crippen LogP contribution in [0.5, 0.6) is 0 Å². The van der Waals surface area contributed by atoms with E-state index < -0.39 is 0 Å². The van der Waals surface area contributed by atoms with Gasteiger partial charge in [-0.2, -0.15) is 0 Å². The third kappa shape index (κ3) is 0.956. The predicted molar refractivity (Wildman–Crippen MR) is 38.9 cm³/mol. The van der Waals surface area contributed by atoms with Crippen molar-refractivity contribution in [3.8, 4) is 0 Å². The summed E-state index contributed by atoms with van der Waals surface area (Å²) in [6, 6.07) is 0. The molecular weight excluding hydrogens is 126 g/mol. The fourth-order valence-electron chi connectivity index (χ4n) is 2.47. The van der Waals surface area contributed by atoms with Gasteiger partial charge in [-0.3, -0.25) is 0 Å². The Hall–Kier alpha value is -0.0800. The van der Waals surface area contributed by atoms with Crippen LogP contribution in [0.15, 0.2) is 0 Å². The molecule has 1 atom stereocenters. The normalized spacial score (nSPS) is 45.9. The van der Waals surface area contributed by atoms with Gasteiger partial charge in [0.2, 0.25) is 0 Å². The summed E-state index contributed by atoms with van der Waals surface area (Å²) in [4.78, 5) is 1.72. The summed E-state index contributed by atoms with van der Waals surface area (Å²) in [6.45, 7) is 4.39. The Balaban J connectivity index is 2.01. The van der Waals surface area contributed by atoms with Gasteiger partial charge in [0.05, 0.1) is 26.2 Å². The molecule has 0 saturated carbocycles. The highest BCUT2D eigenvalue weighted by atomic mass is 16.3. The number of nitrogens with one attached hydrogen (secondary N) is 1. The summed E-state index contributed by atoms with van der Waals surface area (Å²) in [5.41, 5.74) is 0. The third-order valence-corrected chi connectivity index (χ3v) is 3.19. The summed E-state index contributed by atoms with van der Waals surface area (Å²) < 4.78 is 0. The van der Waals surface area contributed by atoms with E-state index >= 15 is 0 Å². The van der Waals surface area contributed by atoms with Crippen LogP contribution in [0.3, 0.4) is 0 Å². The van der Waals surface area contributed by atoms with E-state index in [-0.39, 0.29) is 0 Å². The molecule has 0 aliphatic carbocycles. The summed E-state index contributed by atoms with van der Waals surface area (Å²) in [7, 11) is 0. The lowest BCUT2D eigenvalue weighted by Gasteiger charge is -2.41. The average Bonchev–Trinajstić information content (AvgIpc) is 2.06. The largest absolute Gasteiger partial charge is 0.396 e. The minimum Gasteiger partial charge on any atom is -0.396 e. The minimum absolute atomic E-state index is 0.425. The molecule has 2 bridgehead atoms. The van der Waals surface area contributed by atoms with Crippen LogP contribution in [0.2, 0.25) is 0 Å². The van der Waals surface area contributed by atoms with E-state index in [0.29, 0.717) is 12.5 Å². The minimum atomic E-state index is 0.425. The van der Waals surface area contributed by atoms with Gasteiger partial charge < -0.3 is 10.0 Å². The topological polar surface area (TPSA) is 24.7 Å². The van der Waals surface area contributed by atoms with Crippen molar-refractivity contribution in [1.82, 2.24) is 0 Å². The monoisotopic (exact) mass is 142 g/mol. The highest BCUT2D eigenvalue weighted by Crippen LogP contribution is 2.22. The molecule has 3 fully saturated rings. The second-order valence-electron chi connectivity index (χ2n) is 3.73. The number of piperidine rings is 3. The molecule has 0 spiro atoms. The molecule has 3 saturated heterocycles.